The minimum Gasteiger partial charge on any atom is -0.389 e. The number of esters is 2. The molecule has 2 aromatic rings. The molecule has 0 fully saturated rings. The maximum Gasteiger partial charge on any atom is 0.345 e. The van der Waals surface area contributed by atoms with E-state index in [-0.39, 0.29) is 17.9 Å². The predicted molar refractivity (Wildman–Crippen MR) is 80.9 cm³/mol. The van der Waals surface area contributed by atoms with E-state index in [0.717, 1.165) is 24.1 Å². The first-order valence-electron chi connectivity index (χ1n) is 7.15. The molecule has 0 radical (unpaired) electrons. The molecule has 0 bridgehead atoms. The number of halogens is 1. The lowest BCUT2D eigenvalue weighted by atomic mass is 9.93. The Kier molecular flexibility index (Phi) is 5.42. The molecule has 0 aromatic heterocycles. The lowest BCUT2D eigenvalue weighted by molar-refractivity contribution is -0.138. The lowest BCUT2D eigenvalue weighted by Gasteiger charge is -2.14. The third-order valence-corrected chi connectivity index (χ3v) is 3.46. The van der Waals surface area contributed by atoms with Crippen LogP contribution in [0.2, 0.25) is 0 Å². The second kappa shape index (κ2) is 7.50. The van der Waals surface area contributed by atoms with Crippen LogP contribution >= 0.6 is 0 Å². The predicted octanol–water partition coefficient (Wildman–Crippen LogP) is 4.09. The van der Waals surface area contributed by atoms with Crippen molar-refractivity contribution < 1.29 is 18.7 Å². The van der Waals surface area contributed by atoms with E-state index in [1.165, 1.54) is 12.1 Å². The van der Waals surface area contributed by atoms with Crippen LogP contribution in [0.3, 0.4) is 0 Å². The quantitative estimate of drug-likeness (QED) is 0.617. The first kappa shape index (κ1) is 15.9. The molecule has 1 unspecified atom stereocenters. The zero-order chi connectivity index (χ0) is 15.9. The minimum atomic E-state index is -0.757. The Labute approximate surface area is 128 Å². The normalized spacial score (nSPS) is 11.7. The Morgan fingerprint density at radius 1 is 1.05 bits per heavy atom. The molecule has 0 amide bonds. The Hall–Kier alpha value is -2.49. The van der Waals surface area contributed by atoms with Crippen molar-refractivity contribution in [1.29, 1.82) is 0 Å². The summed E-state index contributed by atoms with van der Waals surface area (Å²) in [7, 11) is 0. The van der Waals surface area contributed by atoms with E-state index < -0.39 is 17.8 Å². The molecule has 2 rings (SSSR count). The summed E-state index contributed by atoms with van der Waals surface area (Å²) in [5, 5.41) is 0. The highest BCUT2D eigenvalue weighted by atomic mass is 19.1. The summed E-state index contributed by atoms with van der Waals surface area (Å²) in [6.45, 7) is 1.98. The summed E-state index contributed by atoms with van der Waals surface area (Å²) < 4.78 is 17.6. The van der Waals surface area contributed by atoms with Crippen LogP contribution in [0.4, 0.5) is 4.39 Å². The van der Waals surface area contributed by atoms with Gasteiger partial charge in [-0.25, -0.2) is 9.18 Å². The number of hydrogen-bond acceptors (Lipinski definition) is 3. The van der Waals surface area contributed by atoms with Crippen molar-refractivity contribution in [2.75, 3.05) is 0 Å². The van der Waals surface area contributed by atoms with Gasteiger partial charge in [-0.2, -0.15) is 0 Å². The van der Waals surface area contributed by atoms with Gasteiger partial charge in [0.1, 0.15) is 5.82 Å². The summed E-state index contributed by atoms with van der Waals surface area (Å²) in [5.41, 5.74) is 1.19. The van der Waals surface area contributed by atoms with Gasteiger partial charge in [0.2, 0.25) is 0 Å². The molecule has 0 aliphatic heterocycles. The molecule has 0 aliphatic rings. The molecule has 0 heterocycles. The van der Waals surface area contributed by atoms with Crippen LogP contribution in [-0.4, -0.2) is 11.9 Å². The Balaban J connectivity index is 1.97. The third-order valence-electron chi connectivity index (χ3n) is 3.46. The summed E-state index contributed by atoms with van der Waals surface area (Å²) in [6.07, 6.45) is 0.900. The van der Waals surface area contributed by atoms with Crippen LogP contribution < -0.4 is 0 Å². The summed E-state index contributed by atoms with van der Waals surface area (Å²) in [4.78, 5) is 23.7. The topological polar surface area (TPSA) is 43.4 Å². The van der Waals surface area contributed by atoms with Crippen molar-refractivity contribution in [3.8, 4) is 0 Å². The summed E-state index contributed by atoms with van der Waals surface area (Å²) in [6, 6.07) is 14.5. The van der Waals surface area contributed by atoms with Gasteiger partial charge in [0.05, 0.1) is 12.0 Å². The van der Waals surface area contributed by atoms with Gasteiger partial charge < -0.3 is 4.74 Å². The zero-order valence-corrected chi connectivity index (χ0v) is 12.3. The molecular weight excluding hydrogens is 283 g/mol. The highest BCUT2D eigenvalue weighted by molar-refractivity contribution is 5.96. The number of benzene rings is 2. The van der Waals surface area contributed by atoms with Crippen molar-refractivity contribution in [2.45, 2.75) is 25.7 Å². The molecule has 114 valence electrons. The smallest absolute Gasteiger partial charge is 0.345 e. The van der Waals surface area contributed by atoms with Crippen molar-refractivity contribution >= 4 is 11.9 Å². The molecular formula is C18H17FO3. The van der Waals surface area contributed by atoms with Crippen molar-refractivity contribution in [1.82, 2.24) is 0 Å². The second-order valence-electron chi connectivity index (χ2n) is 4.99. The highest BCUT2D eigenvalue weighted by Gasteiger charge is 2.18. The average Bonchev–Trinajstić information content (AvgIpc) is 2.54. The lowest BCUT2D eigenvalue weighted by Crippen LogP contribution is -2.15. The van der Waals surface area contributed by atoms with Crippen molar-refractivity contribution in [3.05, 3.63) is 71.5 Å². The molecule has 1 atom stereocenters. The molecule has 3 nitrogen and oxygen atoms in total. The average molecular weight is 300 g/mol. The maximum atomic E-state index is 12.8. The molecule has 0 aliphatic carbocycles. The van der Waals surface area contributed by atoms with Gasteiger partial charge in [-0.1, -0.05) is 37.3 Å². The van der Waals surface area contributed by atoms with Crippen LogP contribution in [-0.2, 0) is 9.53 Å². The van der Waals surface area contributed by atoms with Gasteiger partial charge >= 0.3 is 11.9 Å². The van der Waals surface area contributed by atoms with Crippen molar-refractivity contribution in [2.24, 2.45) is 0 Å². The number of hydrogen-bond donors (Lipinski definition) is 0. The molecule has 4 heteroatoms. The van der Waals surface area contributed by atoms with E-state index in [1.807, 2.05) is 37.3 Å². The highest BCUT2D eigenvalue weighted by Crippen LogP contribution is 2.23. The second-order valence-corrected chi connectivity index (χ2v) is 4.99. The number of carbonyl (C=O) groups is 2. The standard InChI is InChI=1S/C18H17FO3/c1-2-13(14-6-4-3-5-7-14)12-17(20)22-18(21)15-8-10-16(19)11-9-15/h3-11,13H,2,12H2,1H3. The van der Waals surface area contributed by atoms with E-state index in [2.05, 4.69) is 0 Å². The molecule has 22 heavy (non-hydrogen) atoms. The van der Waals surface area contributed by atoms with E-state index in [0.29, 0.717) is 0 Å². The fraction of sp³-hybridized carbons (Fsp3) is 0.222. The molecule has 0 N–H and O–H groups in total. The number of rotatable bonds is 5. The zero-order valence-electron chi connectivity index (χ0n) is 12.3. The van der Waals surface area contributed by atoms with Crippen LogP contribution in [0.1, 0.15) is 41.6 Å². The van der Waals surface area contributed by atoms with E-state index >= 15 is 0 Å². The Morgan fingerprint density at radius 2 is 1.68 bits per heavy atom. The Bertz CT molecular complexity index is 635. The van der Waals surface area contributed by atoms with E-state index in [4.69, 9.17) is 4.74 Å². The number of carbonyl (C=O) groups excluding carboxylic acids is 2. The van der Waals surface area contributed by atoms with E-state index in [1.54, 1.807) is 0 Å². The SMILES string of the molecule is CCC(CC(=O)OC(=O)c1ccc(F)cc1)c1ccccc1. The monoisotopic (exact) mass is 300 g/mol. The first-order chi connectivity index (χ1) is 10.6. The van der Waals surface area contributed by atoms with Gasteiger partial charge in [-0.3, -0.25) is 4.79 Å². The Morgan fingerprint density at radius 3 is 2.27 bits per heavy atom. The molecule has 2 aromatic carbocycles. The van der Waals surface area contributed by atoms with Gasteiger partial charge in [0, 0.05) is 0 Å². The largest absolute Gasteiger partial charge is 0.389 e. The minimum absolute atomic E-state index is 0.00900. The van der Waals surface area contributed by atoms with E-state index in [9.17, 15) is 14.0 Å². The fourth-order valence-electron chi connectivity index (χ4n) is 2.21. The van der Waals surface area contributed by atoms with Crippen LogP contribution in [0.25, 0.3) is 0 Å². The fourth-order valence-corrected chi connectivity index (χ4v) is 2.21. The van der Waals surface area contributed by atoms with Gasteiger partial charge in [-0.15, -0.1) is 0 Å². The van der Waals surface area contributed by atoms with Crippen LogP contribution in [0.15, 0.2) is 54.6 Å². The molecule has 0 saturated carbocycles. The van der Waals surface area contributed by atoms with Gasteiger partial charge in [0.25, 0.3) is 0 Å². The molecule has 0 spiro atoms. The third kappa shape index (κ3) is 4.25. The van der Waals surface area contributed by atoms with Crippen molar-refractivity contribution in [3.63, 3.8) is 0 Å². The summed E-state index contributed by atoms with van der Waals surface area (Å²) >= 11 is 0. The van der Waals surface area contributed by atoms with Crippen LogP contribution in [0.5, 0.6) is 0 Å². The molecule has 0 saturated heterocycles. The first-order valence-corrected chi connectivity index (χ1v) is 7.15. The van der Waals surface area contributed by atoms with Crippen LogP contribution in [0, 0.1) is 5.82 Å². The number of ether oxygens (including phenoxy) is 1. The maximum absolute atomic E-state index is 12.8. The van der Waals surface area contributed by atoms with Gasteiger partial charge in [0.15, 0.2) is 0 Å². The summed E-state index contributed by atoms with van der Waals surface area (Å²) in [5.74, 6) is -1.77. The van der Waals surface area contributed by atoms with Gasteiger partial charge in [-0.05, 0) is 42.2 Å².